The number of carbonyl (C=O) groups is 1. The van der Waals surface area contributed by atoms with Gasteiger partial charge in [0.05, 0.1) is 0 Å². The molecule has 2 aromatic carbocycles. The summed E-state index contributed by atoms with van der Waals surface area (Å²) in [7, 11) is 0. The van der Waals surface area contributed by atoms with Crippen LogP contribution < -0.4 is 15.5 Å². The molecule has 0 amide bonds. The molecule has 0 bridgehead atoms. The number of aryl methyl sites for hydroxylation is 2. The van der Waals surface area contributed by atoms with Crippen LogP contribution in [0, 0.1) is 13.8 Å². The summed E-state index contributed by atoms with van der Waals surface area (Å²) in [6.07, 6.45) is -0.467. The van der Waals surface area contributed by atoms with E-state index in [2.05, 4.69) is 15.9 Å². The van der Waals surface area contributed by atoms with E-state index in [1.165, 1.54) is 0 Å². The second-order valence-corrected chi connectivity index (χ2v) is 6.94. The van der Waals surface area contributed by atoms with Gasteiger partial charge in [0.25, 0.3) is 0 Å². The lowest BCUT2D eigenvalue weighted by molar-refractivity contribution is -0.304. The zero-order valence-corrected chi connectivity index (χ0v) is 15.9. The van der Waals surface area contributed by atoms with Crippen LogP contribution in [-0.2, 0) is 17.8 Å². The van der Waals surface area contributed by atoms with Gasteiger partial charge in [0.2, 0.25) is 0 Å². The van der Waals surface area contributed by atoms with E-state index in [1.54, 1.807) is 26.0 Å². The number of halogens is 1. The molecule has 0 saturated carbocycles. The molecule has 0 N–H and O–H groups in total. The number of fused-ring (bicyclic) bond motifs is 1. The number of ether oxygens (including phenoxy) is 1. The third-order valence-electron chi connectivity index (χ3n) is 4.28. The lowest BCUT2D eigenvalue weighted by atomic mass is 10.0. The lowest BCUT2D eigenvalue weighted by Gasteiger charge is -2.13. The van der Waals surface area contributed by atoms with E-state index in [4.69, 9.17) is 9.15 Å². The Kier molecular flexibility index (Phi) is 5.13. The molecule has 1 aromatic heterocycles. The summed E-state index contributed by atoms with van der Waals surface area (Å²) >= 11 is 3.39. The van der Waals surface area contributed by atoms with Gasteiger partial charge in [-0.15, -0.1) is 0 Å². The van der Waals surface area contributed by atoms with E-state index in [0.717, 1.165) is 10.0 Å². The van der Waals surface area contributed by atoms with Gasteiger partial charge < -0.3 is 19.1 Å². The Balaban J connectivity index is 1.96. The minimum absolute atomic E-state index is 0.112. The van der Waals surface area contributed by atoms with Crippen molar-refractivity contribution in [2.75, 3.05) is 0 Å². The molecule has 26 heavy (non-hydrogen) atoms. The van der Waals surface area contributed by atoms with Gasteiger partial charge in [0.1, 0.15) is 17.9 Å². The van der Waals surface area contributed by atoms with Crippen molar-refractivity contribution < 1.29 is 19.1 Å². The highest BCUT2D eigenvalue weighted by Gasteiger charge is 2.15. The molecule has 5 nitrogen and oxygen atoms in total. The third-order valence-corrected chi connectivity index (χ3v) is 4.81. The monoisotopic (exact) mass is 415 g/mol. The average Bonchev–Trinajstić information content (AvgIpc) is 2.60. The molecular weight excluding hydrogens is 400 g/mol. The molecule has 0 aliphatic heterocycles. The zero-order chi connectivity index (χ0) is 18.8. The number of rotatable bonds is 5. The zero-order valence-electron chi connectivity index (χ0n) is 14.3. The van der Waals surface area contributed by atoms with Crippen LogP contribution >= 0.6 is 15.9 Å². The first-order valence-electron chi connectivity index (χ1n) is 8.00. The van der Waals surface area contributed by atoms with Crippen molar-refractivity contribution in [3.8, 4) is 5.75 Å². The molecule has 1 heterocycles. The predicted molar refractivity (Wildman–Crippen MR) is 99.1 cm³/mol. The minimum atomic E-state index is -1.31. The van der Waals surface area contributed by atoms with Gasteiger partial charge in [-0.1, -0.05) is 28.1 Å². The summed E-state index contributed by atoms with van der Waals surface area (Å²) in [6.45, 7) is 3.89. The van der Waals surface area contributed by atoms with Crippen molar-refractivity contribution in [3.05, 3.63) is 73.5 Å². The largest absolute Gasteiger partial charge is 0.550 e. The van der Waals surface area contributed by atoms with Gasteiger partial charge >= 0.3 is 5.63 Å². The van der Waals surface area contributed by atoms with Crippen LogP contribution in [0.25, 0.3) is 11.0 Å². The van der Waals surface area contributed by atoms with Gasteiger partial charge in [-0.2, -0.15) is 0 Å². The highest BCUT2D eigenvalue weighted by Crippen LogP contribution is 2.30. The summed E-state index contributed by atoms with van der Waals surface area (Å²) < 4.78 is 12.2. The van der Waals surface area contributed by atoms with E-state index in [9.17, 15) is 14.7 Å². The average molecular weight is 416 g/mol. The van der Waals surface area contributed by atoms with Crippen molar-refractivity contribution in [1.29, 1.82) is 0 Å². The molecule has 0 radical (unpaired) electrons. The van der Waals surface area contributed by atoms with Gasteiger partial charge in [-0.3, -0.25) is 0 Å². The van der Waals surface area contributed by atoms with Crippen LogP contribution in [0.1, 0.15) is 22.3 Å². The van der Waals surface area contributed by atoms with E-state index < -0.39 is 18.0 Å². The maximum Gasteiger partial charge on any atom is 0.340 e. The first-order valence-corrected chi connectivity index (χ1v) is 8.79. The Labute approximate surface area is 158 Å². The molecule has 3 rings (SSSR count). The number of carbonyl (C=O) groups excluding carboxylic acids is 1. The predicted octanol–water partition coefficient (Wildman–Crippen LogP) is 3.04. The molecule has 0 saturated heterocycles. The van der Waals surface area contributed by atoms with Crippen LogP contribution in [0.2, 0.25) is 0 Å². The fourth-order valence-corrected chi connectivity index (χ4v) is 3.08. The Morgan fingerprint density at radius 3 is 2.46 bits per heavy atom. The summed E-state index contributed by atoms with van der Waals surface area (Å²) in [4.78, 5) is 23.0. The number of carboxylic acid groups (broad SMARTS) is 1. The Hall–Kier alpha value is -2.60. The number of aliphatic carboxylic acids is 1. The van der Waals surface area contributed by atoms with E-state index in [1.807, 2.05) is 24.3 Å². The number of benzene rings is 2. The molecule has 0 aliphatic rings. The minimum Gasteiger partial charge on any atom is -0.550 e. The first kappa shape index (κ1) is 18.2. The quantitative estimate of drug-likeness (QED) is 0.598. The van der Waals surface area contributed by atoms with Gasteiger partial charge in [0.15, 0.2) is 0 Å². The lowest BCUT2D eigenvalue weighted by Crippen LogP contribution is -2.27. The highest BCUT2D eigenvalue weighted by molar-refractivity contribution is 9.10. The Bertz CT molecular complexity index is 1030. The topological polar surface area (TPSA) is 79.6 Å². The number of hydrogen-bond donors (Lipinski definition) is 0. The molecule has 0 atom stereocenters. The molecule has 0 aliphatic carbocycles. The van der Waals surface area contributed by atoms with Crippen molar-refractivity contribution in [2.45, 2.75) is 26.9 Å². The van der Waals surface area contributed by atoms with Crippen LogP contribution in [0.5, 0.6) is 5.75 Å². The smallest absolute Gasteiger partial charge is 0.340 e. The SMILES string of the molecule is Cc1c(CC(=O)[O-])c(=O)oc2c(C)c(OCc3ccc(Br)cc3)ccc12. The normalized spacial score (nSPS) is 10.9. The van der Waals surface area contributed by atoms with Gasteiger partial charge in [0, 0.05) is 33.4 Å². The summed E-state index contributed by atoms with van der Waals surface area (Å²) in [5.74, 6) is -0.707. The fourth-order valence-electron chi connectivity index (χ4n) is 2.82. The van der Waals surface area contributed by atoms with Crippen molar-refractivity contribution >= 4 is 32.9 Å². The highest BCUT2D eigenvalue weighted by atomic mass is 79.9. The molecule has 0 unspecified atom stereocenters. The molecular formula is C20H16BrO5-. The fraction of sp³-hybridized carbons (Fsp3) is 0.200. The second kappa shape index (κ2) is 7.33. The summed E-state index contributed by atoms with van der Waals surface area (Å²) in [5.41, 5.74) is 2.15. The first-order chi connectivity index (χ1) is 12.4. The van der Waals surface area contributed by atoms with Crippen LogP contribution in [0.4, 0.5) is 0 Å². The standard InChI is InChI=1S/C20H17BrO5/c1-11-15-7-8-17(25-10-13-3-5-14(21)6-4-13)12(2)19(15)26-20(24)16(11)9-18(22)23/h3-8H,9-10H2,1-2H3,(H,22,23)/p-1. The van der Waals surface area contributed by atoms with Gasteiger partial charge in [-0.05, 0) is 49.2 Å². The third kappa shape index (κ3) is 3.65. The van der Waals surface area contributed by atoms with Gasteiger partial charge in [-0.25, -0.2) is 4.79 Å². The van der Waals surface area contributed by atoms with Crippen LogP contribution in [-0.4, -0.2) is 5.97 Å². The maximum atomic E-state index is 12.2. The summed E-state index contributed by atoms with van der Waals surface area (Å²) in [5, 5.41) is 11.5. The van der Waals surface area contributed by atoms with E-state index >= 15 is 0 Å². The molecule has 3 aromatic rings. The number of hydrogen-bond acceptors (Lipinski definition) is 5. The van der Waals surface area contributed by atoms with Crippen molar-refractivity contribution in [1.82, 2.24) is 0 Å². The van der Waals surface area contributed by atoms with Crippen LogP contribution in [0.15, 0.2) is 50.1 Å². The molecule has 134 valence electrons. The molecule has 6 heteroatoms. The summed E-state index contributed by atoms with van der Waals surface area (Å²) in [6, 6.07) is 11.4. The second-order valence-electron chi connectivity index (χ2n) is 6.02. The van der Waals surface area contributed by atoms with Crippen molar-refractivity contribution in [3.63, 3.8) is 0 Å². The Morgan fingerprint density at radius 2 is 1.81 bits per heavy atom. The molecule has 0 fully saturated rings. The van der Waals surface area contributed by atoms with Crippen molar-refractivity contribution in [2.24, 2.45) is 0 Å². The van der Waals surface area contributed by atoms with E-state index in [0.29, 0.717) is 34.5 Å². The van der Waals surface area contributed by atoms with E-state index in [-0.39, 0.29) is 5.56 Å². The maximum absolute atomic E-state index is 12.2. The van der Waals surface area contributed by atoms with Crippen LogP contribution in [0.3, 0.4) is 0 Å². The Morgan fingerprint density at radius 1 is 1.12 bits per heavy atom. The number of carboxylic acids is 1. The molecule has 0 spiro atoms.